The fraction of sp³-hybridized carbons (Fsp3) is 0.375. The number of rotatable bonds is 6. The lowest BCUT2D eigenvalue weighted by Gasteiger charge is -2.48. The quantitative estimate of drug-likeness (QED) is 0.561. The maximum atomic E-state index is 15.1. The number of benzene rings is 1. The van der Waals surface area contributed by atoms with Gasteiger partial charge in [-0.25, -0.2) is 18.7 Å². The van der Waals surface area contributed by atoms with Gasteiger partial charge in [0.25, 0.3) is 5.91 Å². The average Bonchev–Trinajstić information content (AvgIpc) is 2.83. The summed E-state index contributed by atoms with van der Waals surface area (Å²) in [6.07, 6.45) is 5.92. The topological polar surface area (TPSA) is 137 Å². The molecule has 188 valence electrons. The van der Waals surface area contributed by atoms with Crippen LogP contribution < -0.4 is 15.8 Å². The smallest absolute Gasteiger partial charge is 0.276 e. The first-order valence-corrected chi connectivity index (χ1v) is 12.1. The molecule has 1 saturated heterocycles. The van der Waals surface area contributed by atoms with Crippen LogP contribution in [0.15, 0.2) is 29.4 Å². The summed E-state index contributed by atoms with van der Waals surface area (Å²) in [7, 11) is -1.93. The van der Waals surface area contributed by atoms with Crippen molar-refractivity contribution in [1.29, 1.82) is 0 Å². The molecule has 2 aliphatic heterocycles. The first kappa shape index (κ1) is 25.4. The van der Waals surface area contributed by atoms with Gasteiger partial charge in [0.15, 0.2) is 6.61 Å². The molecule has 0 aliphatic carbocycles. The highest BCUT2D eigenvalue weighted by Crippen LogP contribution is 2.47. The summed E-state index contributed by atoms with van der Waals surface area (Å²) in [5, 5.41) is 1.63. The zero-order valence-corrected chi connectivity index (χ0v) is 20.3. The highest BCUT2D eigenvalue weighted by molar-refractivity contribution is 7.88. The zero-order chi connectivity index (χ0) is 26.3. The molecule has 1 aromatic carbocycles. The van der Waals surface area contributed by atoms with Crippen LogP contribution in [0.3, 0.4) is 0 Å². The van der Waals surface area contributed by atoms with Crippen molar-refractivity contribution in [3.05, 3.63) is 47.2 Å². The number of amides is 1. The molecule has 1 aromatic heterocycles. The number of aryl methyl sites for hydroxylation is 1. The van der Waals surface area contributed by atoms with Gasteiger partial charge in [0.05, 0.1) is 17.1 Å². The van der Waals surface area contributed by atoms with Crippen LogP contribution in [0, 0.1) is 25.1 Å². The van der Waals surface area contributed by atoms with Gasteiger partial charge in [0, 0.05) is 34.9 Å². The standard InChI is InChI=1S/C24H23F2N5O4S/c1-4-7-35-19-11-28-20(13(2)29-19)21(33)30-14-5-6-17(26)16(8-14)23(3)18-9-15(32)10-24(12-25,36(18)34)22(27)31-23/h1,5-6,8,11,18H,7,9-10,12H2,2-3H3,(H2,27,31)(H,30,33)/t18?,23-,24+,36?/m1/s1. The van der Waals surface area contributed by atoms with Gasteiger partial charge in [0.1, 0.15) is 40.1 Å². The summed E-state index contributed by atoms with van der Waals surface area (Å²) >= 11 is 0. The minimum absolute atomic E-state index is 0.00628. The van der Waals surface area contributed by atoms with Gasteiger partial charge >= 0.3 is 0 Å². The Hall–Kier alpha value is -3.72. The monoisotopic (exact) mass is 515 g/mol. The van der Waals surface area contributed by atoms with E-state index in [-0.39, 0.29) is 59.6 Å². The van der Waals surface area contributed by atoms with Crippen molar-refractivity contribution in [1.82, 2.24) is 9.97 Å². The molecular formula is C24H23F2N5O4S. The van der Waals surface area contributed by atoms with Crippen molar-refractivity contribution in [2.75, 3.05) is 18.6 Å². The van der Waals surface area contributed by atoms with Gasteiger partial charge in [-0.05, 0) is 32.0 Å². The Balaban J connectivity index is 1.68. The number of nitrogens with two attached hydrogens (primary N) is 1. The number of ketones is 1. The van der Waals surface area contributed by atoms with E-state index in [2.05, 4.69) is 26.2 Å². The summed E-state index contributed by atoms with van der Waals surface area (Å²) in [6.45, 7) is 1.94. The van der Waals surface area contributed by atoms with Crippen LogP contribution in [0.25, 0.3) is 0 Å². The molecule has 2 aromatic rings. The Morgan fingerprint density at radius 3 is 2.86 bits per heavy atom. The number of Topliss-reactive ketones (excluding diaryl/α,β-unsaturated/α-hetero) is 1. The van der Waals surface area contributed by atoms with E-state index in [1.807, 2.05) is 0 Å². The van der Waals surface area contributed by atoms with Crippen LogP contribution in [0.5, 0.6) is 5.88 Å². The molecule has 0 radical (unpaired) electrons. The number of amidine groups is 1. The van der Waals surface area contributed by atoms with Crippen LogP contribution in [-0.2, 0) is 21.1 Å². The third kappa shape index (κ3) is 4.13. The number of alkyl halides is 1. The van der Waals surface area contributed by atoms with Crippen molar-refractivity contribution in [2.45, 2.75) is 42.2 Å². The molecule has 0 spiro atoms. The van der Waals surface area contributed by atoms with E-state index in [1.165, 1.54) is 25.3 Å². The number of anilines is 1. The zero-order valence-electron chi connectivity index (χ0n) is 19.5. The molecule has 1 amide bonds. The second kappa shape index (κ2) is 9.39. The minimum Gasteiger partial charge on any atom is -0.463 e. The molecule has 36 heavy (non-hydrogen) atoms. The molecule has 12 heteroatoms. The molecule has 1 fully saturated rings. The number of terminal acetylenes is 1. The number of nitrogens with zero attached hydrogens (tertiary/aromatic N) is 3. The Kier molecular flexibility index (Phi) is 6.62. The summed E-state index contributed by atoms with van der Waals surface area (Å²) in [4.78, 5) is 37.9. The highest BCUT2D eigenvalue weighted by Gasteiger charge is 2.60. The van der Waals surface area contributed by atoms with Crippen LogP contribution in [0.4, 0.5) is 14.5 Å². The number of fused-ring (bicyclic) bond motifs is 2. The fourth-order valence-electron chi connectivity index (χ4n) is 4.49. The molecule has 9 nitrogen and oxygen atoms in total. The largest absolute Gasteiger partial charge is 0.463 e. The molecule has 3 heterocycles. The molecular weight excluding hydrogens is 492 g/mol. The molecule has 3 N–H and O–H groups in total. The maximum absolute atomic E-state index is 15.1. The van der Waals surface area contributed by atoms with Crippen molar-refractivity contribution < 1.29 is 27.3 Å². The van der Waals surface area contributed by atoms with Gasteiger partial charge in [-0.3, -0.25) is 18.8 Å². The average molecular weight is 516 g/mol. The lowest BCUT2D eigenvalue weighted by molar-refractivity contribution is -0.120. The van der Waals surface area contributed by atoms with Crippen molar-refractivity contribution in [3.8, 4) is 18.2 Å². The minimum atomic E-state index is -1.93. The lowest BCUT2D eigenvalue weighted by atomic mass is 9.82. The summed E-state index contributed by atoms with van der Waals surface area (Å²) in [5.74, 6) is 0.516. The van der Waals surface area contributed by atoms with Gasteiger partial charge < -0.3 is 15.8 Å². The predicted octanol–water partition coefficient (Wildman–Crippen LogP) is 1.96. The first-order chi connectivity index (χ1) is 17.1. The van der Waals surface area contributed by atoms with E-state index in [9.17, 15) is 18.2 Å². The summed E-state index contributed by atoms with van der Waals surface area (Å²) in [6, 6.07) is 3.77. The van der Waals surface area contributed by atoms with Crippen molar-refractivity contribution in [2.24, 2.45) is 10.7 Å². The summed E-state index contributed by atoms with van der Waals surface area (Å²) < 4.78 is 45.9. The maximum Gasteiger partial charge on any atom is 0.276 e. The Bertz CT molecular complexity index is 1360. The van der Waals surface area contributed by atoms with Crippen LogP contribution >= 0.6 is 0 Å². The van der Waals surface area contributed by atoms with Crippen LogP contribution in [0.2, 0.25) is 0 Å². The number of carbonyl (C=O) groups excluding carboxylic acids is 2. The van der Waals surface area contributed by atoms with Gasteiger partial charge in [-0.1, -0.05) is 5.92 Å². The number of carbonyl (C=O) groups is 2. The van der Waals surface area contributed by atoms with E-state index >= 15 is 4.39 Å². The van der Waals surface area contributed by atoms with Crippen LogP contribution in [-0.4, -0.2) is 55.0 Å². The Morgan fingerprint density at radius 1 is 1.44 bits per heavy atom. The van der Waals surface area contributed by atoms with Gasteiger partial charge in [-0.15, -0.1) is 6.42 Å². The first-order valence-electron chi connectivity index (χ1n) is 10.9. The highest BCUT2D eigenvalue weighted by atomic mass is 32.2. The number of aliphatic imine (C=N–C) groups is 1. The predicted molar refractivity (Wildman–Crippen MR) is 129 cm³/mol. The summed E-state index contributed by atoms with van der Waals surface area (Å²) in [5.41, 5.74) is 4.95. The third-order valence-corrected chi connectivity index (χ3v) is 8.79. The number of halogens is 2. The van der Waals surface area contributed by atoms with Crippen molar-refractivity contribution >= 4 is 34.0 Å². The third-order valence-electron chi connectivity index (χ3n) is 6.41. The normalized spacial score (nSPS) is 27.1. The Morgan fingerprint density at radius 2 is 2.19 bits per heavy atom. The Labute approximate surface area is 208 Å². The van der Waals surface area contributed by atoms with Crippen LogP contribution in [0.1, 0.15) is 41.5 Å². The number of aromatic nitrogens is 2. The van der Waals surface area contributed by atoms with E-state index < -0.39 is 44.7 Å². The molecule has 2 aliphatic rings. The van der Waals surface area contributed by atoms with Crippen molar-refractivity contribution in [3.63, 3.8) is 0 Å². The number of nitrogens with one attached hydrogen (secondary N) is 1. The molecule has 0 saturated carbocycles. The second-order valence-corrected chi connectivity index (χ2v) is 10.7. The fourth-order valence-corrected chi connectivity index (χ4v) is 6.64. The second-order valence-electron chi connectivity index (χ2n) is 8.76. The molecule has 4 rings (SSSR count). The number of hydrogen-bond donors (Lipinski definition) is 2. The van der Waals surface area contributed by atoms with Gasteiger partial charge in [-0.2, -0.15) is 0 Å². The molecule has 2 unspecified atom stereocenters. The molecule has 2 bridgehead atoms. The van der Waals surface area contributed by atoms with E-state index in [4.69, 9.17) is 16.9 Å². The number of hydrogen-bond acceptors (Lipinski definition) is 8. The lowest BCUT2D eigenvalue weighted by Crippen LogP contribution is -2.64. The van der Waals surface area contributed by atoms with E-state index in [0.717, 1.165) is 6.07 Å². The van der Waals surface area contributed by atoms with E-state index in [1.54, 1.807) is 6.92 Å². The number of ether oxygens (including phenoxy) is 1. The SMILES string of the molecule is C#CCOc1cnc(C(=O)Nc2ccc(F)c([C@@]3(C)N=C(N)[C@@]4(CF)CC(=O)CC3S4=O)c2)c(C)n1. The van der Waals surface area contributed by atoms with E-state index in [0.29, 0.717) is 0 Å². The van der Waals surface area contributed by atoms with Gasteiger partial charge in [0.2, 0.25) is 5.88 Å². The molecule has 4 atom stereocenters.